The molecule has 0 atom stereocenters. The summed E-state index contributed by atoms with van der Waals surface area (Å²) < 4.78 is 1.10. The Balaban J connectivity index is 2.99. The number of rotatable bonds is 3. The molecule has 0 bridgehead atoms. The molecule has 0 radical (unpaired) electrons. The number of halogens is 2. The zero-order valence-corrected chi connectivity index (χ0v) is 10.8. The third-order valence-corrected chi connectivity index (χ3v) is 4.39. The minimum Gasteiger partial charge on any atom is -0.275 e. The summed E-state index contributed by atoms with van der Waals surface area (Å²) in [7, 11) is 0. The quantitative estimate of drug-likeness (QED) is 0.475. The summed E-state index contributed by atoms with van der Waals surface area (Å²) in [5.74, 6) is 0.962. The van der Waals surface area contributed by atoms with E-state index >= 15 is 0 Å². The standard InChI is InChI=1S/C7H6ClIOS2/c1-2-11-4-3-5(9)12-6(4)7(8)10/h3H,2H2,1H3. The Morgan fingerprint density at radius 3 is 3.00 bits per heavy atom. The molecule has 0 spiro atoms. The van der Waals surface area contributed by atoms with Gasteiger partial charge in [0.1, 0.15) is 4.88 Å². The molecule has 0 saturated heterocycles. The number of thioether (sulfide) groups is 1. The molecule has 0 aliphatic heterocycles. The van der Waals surface area contributed by atoms with Gasteiger partial charge in [-0.05, 0) is 46.0 Å². The summed E-state index contributed by atoms with van der Waals surface area (Å²) in [6, 6.07) is 2.00. The van der Waals surface area contributed by atoms with Crippen LogP contribution in [0.2, 0.25) is 0 Å². The van der Waals surface area contributed by atoms with Gasteiger partial charge >= 0.3 is 0 Å². The summed E-state index contributed by atoms with van der Waals surface area (Å²) >= 11 is 10.7. The van der Waals surface area contributed by atoms with Crippen LogP contribution in [0.5, 0.6) is 0 Å². The lowest BCUT2D eigenvalue weighted by Gasteiger charge is -1.94. The van der Waals surface area contributed by atoms with Gasteiger partial charge in [-0.3, -0.25) is 4.79 Å². The molecule has 1 aromatic rings. The van der Waals surface area contributed by atoms with E-state index in [1.165, 1.54) is 11.3 Å². The molecule has 0 aliphatic rings. The second-order valence-corrected chi connectivity index (χ2v) is 6.55. The van der Waals surface area contributed by atoms with Gasteiger partial charge in [0.2, 0.25) is 0 Å². The highest BCUT2D eigenvalue weighted by molar-refractivity contribution is 14.1. The van der Waals surface area contributed by atoms with Crippen molar-refractivity contribution in [3.63, 3.8) is 0 Å². The maximum absolute atomic E-state index is 10.9. The van der Waals surface area contributed by atoms with Gasteiger partial charge in [-0.15, -0.1) is 23.1 Å². The minimum absolute atomic E-state index is 0.348. The second-order valence-electron chi connectivity index (χ2n) is 1.95. The fourth-order valence-corrected chi connectivity index (χ4v) is 3.93. The van der Waals surface area contributed by atoms with Crippen molar-refractivity contribution in [1.82, 2.24) is 0 Å². The lowest BCUT2D eigenvalue weighted by Crippen LogP contribution is -1.84. The number of carbonyl (C=O) groups is 1. The average Bonchev–Trinajstić information content (AvgIpc) is 2.32. The average molecular weight is 333 g/mol. The highest BCUT2D eigenvalue weighted by Crippen LogP contribution is 2.32. The van der Waals surface area contributed by atoms with E-state index in [4.69, 9.17) is 11.6 Å². The number of hydrogen-bond donors (Lipinski definition) is 0. The number of carbonyl (C=O) groups excluding carboxylic acids is 1. The monoisotopic (exact) mass is 332 g/mol. The lowest BCUT2D eigenvalue weighted by molar-refractivity contribution is 0.108. The molecule has 0 N–H and O–H groups in total. The Kier molecular flexibility index (Phi) is 4.36. The Hall–Kier alpha value is 0.740. The first-order valence-corrected chi connectivity index (χ1v) is 6.53. The maximum atomic E-state index is 10.9. The summed E-state index contributed by atoms with van der Waals surface area (Å²) in [6.07, 6.45) is 0. The van der Waals surface area contributed by atoms with E-state index in [2.05, 4.69) is 29.5 Å². The van der Waals surface area contributed by atoms with Gasteiger partial charge in [0, 0.05) is 4.90 Å². The van der Waals surface area contributed by atoms with E-state index in [9.17, 15) is 4.79 Å². The Morgan fingerprint density at radius 1 is 1.83 bits per heavy atom. The van der Waals surface area contributed by atoms with Gasteiger partial charge < -0.3 is 0 Å². The molecule has 66 valence electrons. The molecule has 0 aliphatic carbocycles. The minimum atomic E-state index is -0.348. The van der Waals surface area contributed by atoms with Crippen LogP contribution in [0.25, 0.3) is 0 Å². The van der Waals surface area contributed by atoms with Crippen molar-refractivity contribution in [3.8, 4) is 0 Å². The third kappa shape index (κ3) is 2.61. The van der Waals surface area contributed by atoms with Crippen LogP contribution in [0.15, 0.2) is 11.0 Å². The first kappa shape index (κ1) is 10.8. The summed E-state index contributed by atoms with van der Waals surface area (Å²) in [6.45, 7) is 2.05. The van der Waals surface area contributed by atoms with E-state index in [-0.39, 0.29) is 5.24 Å². The first-order valence-electron chi connectivity index (χ1n) is 3.27. The van der Waals surface area contributed by atoms with Crippen LogP contribution >= 0.6 is 57.3 Å². The third-order valence-electron chi connectivity index (χ3n) is 1.15. The molecule has 0 aromatic carbocycles. The second kappa shape index (κ2) is 4.83. The van der Waals surface area contributed by atoms with E-state index in [0.717, 1.165) is 13.5 Å². The summed E-state index contributed by atoms with van der Waals surface area (Å²) in [5, 5.41) is -0.348. The van der Waals surface area contributed by atoms with Gasteiger partial charge in [0.25, 0.3) is 5.24 Å². The van der Waals surface area contributed by atoms with Crippen LogP contribution in [0, 0.1) is 2.88 Å². The van der Waals surface area contributed by atoms with Crippen LogP contribution in [0.1, 0.15) is 16.6 Å². The fraction of sp³-hybridized carbons (Fsp3) is 0.286. The van der Waals surface area contributed by atoms with E-state index in [1.54, 1.807) is 11.8 Å². The Morgan fingerprint density at radius 2 is 2.50 bits per heavy atom. The SMILES string of the molecule is CCSc1cc(I)sc1C(=O)Cl. The summed E-state index contributed by atoms with van der Waals surface area (Å²) in [5.41, 5.74) is 0. The molecule has 0 saturated carbocycles. The smallest absolute Gasteiger partial charge is 0.263 e. The number of thiophene rings is 1. The zero-order valence-electron chi connectivity index (χ0n) is 6.27. The molecule has 0 unspecified atom stereocenters. The van der Waals surface area contributed by atoms with Crippen LogP contribution in [0.3, 0.4) is 0 Å². The van der Waals surface area contributed by atoms with E-state index in [0.29, 0.717) is 4.88 Å². The fourth-order valence-electron chi connectivity index (χ4n) is 0.746. The predicted molar refractivity (Wildman–Crippen MR) is 63.6 cm³/mol. The molecular weight excluding hydrogens is 327 g/mol. The molecule has 12 heavy (non-hydrogen) atoms. The Labute approximate surface area is 98.0 Å². The molecule has 1 rings (SSSR count). The van der Waals surface area contributed by atoms with Crippen LogP contribution < -0.4 is 0 Å². The van der Waals surface area contributed by atoms with Crippen molar-refractivity contribution in [2.75, 3.05) is 5.75 Å². The highest BCUT2D eigenvalue weighted by atomic mass is 127. The van der Waals surface area contributed by atoms with Gasteiger partial charge in [-0.1, -0.05) is 6.92 Å². The van der Waals surface area contributed by atoms with Crippen LogP contribution in [0.4, 0.5) is 0 Å². The van der Waals surface area contributed by atoms with Crippen molar-refractivity contribution in [1.29, 1.82) is 0 Å². The van der Waals surface area contributed by atoms with Crippen molar-refractivity contribution >= 4 is 62.5 Å². The highest BCUT2D eigenvalue weighted by Gasteiger charge is 2.12. The topological polar surface area (TPSA) is 17.1 Å². The van der Waals surface area contributed by atoms with Crippen molar-refractivity contribution in [3.05, 3.63) is 13.8 Å². The molecule has 5 heteroatoms. The molecular formula is C7H6ClIOS2. The van der Waals surface area contributed by atoms with Gasteiger partial charge in [0.15, 0.2) is 0 Å². The van der Waals surface area contributed by atoms with Crippen LogP contribution in [-0.4, -0.2) is 11.0 Å². The van der Waals surface area contributed by atoms with Gasteiger partial charge in [0.05, 0.1) is 2.88 Å². The Bertz CT molecular complexity index is 298. The van der Waals surface area contributed by atoms with Gasteiger partial charge in [-0.2, -0.15) is 0 Å². The van der Waals surface area contributed by atoms with Crippen molar-refractivity contribution in [2.24, 2.45) is 0 Å². The normalized spacial score (nSPS) is 10.2. The van der Waals surface area contributed by atoms with Crippen molar-refractivity contribution in [2.45, 2.75) is 11.8 Å². The van der Waals surface area contributed by atoms with Crippen LogP contribution in [-0.2, 0) is 0 Å². The van der Waals surface area contributed by atoms with E-state index < -0.39 is 0 Å². The molecule has 1 nitrogen and oxygen atoms in total. The van der Waals surface area contributed by atoms with Gasteiger partial charge in [-0.25, -0.2) is 0 Å². The van der Waals surface area contributed by atoms with Crippen molar-refractivity contribution < 1.29 is 4.79 Å². The predicted octanol–water partition coefficient (Wildman–Crippen LogP) is 3.84. The largest absolute Gasteiger partial charge is 0.275 e. The summed E-state index contributed by atoms with van der Waals surface area (Å²) in [4.78, 5) is 12.6. The first-order chi connectivity index (χ1) is 5.65. The maximum Gasteiger partial charge on any atom is 0.263 e. The lowest BCUT2D eigenvalue weighted by atomic mass is 10.5. The molecule has 1 heterocycles. The van der Waals surface area contributed by atoms with E-state index in [1.807, 2.05) is 6.07 Å². The number of hydrogen-bond acceptors (Lipinski definition) is 3. The molecule has 1 aromatic heterocycles. The molecule has 0 fully saturated rings. The zero-order chi connectivity index (χ0) is 9.14. The molecule has 0 amide bonds.